The van der Waals surface area contributed by atoms with E-state index in [9.17, 15) is 4.79 Å². The molecule has 0 radical (unpaired) electrons. The van der Waals surface area contributed by atoms with Gasteiger partial charge >= 0.3 is 0 Å². The number of carbonyl (C=O) groups excluding carboxylic acids is 1. The lowest BCUT2D eigenvalue weighted by Gasteiger charge is -2.20. The van der Waals surface area contributed by atoms with Gasteiger partial charge in [-0.2, -0.15) is 0 Å². The highest BCUT2D eigenvalue weighted by molar-refractivity contribution is 5.95. The maximum absolute atomic E-state index is 12.6. The normalized spacial score (nSPS) is 13.6. The minimum Gasteiger partial charge on any atom is -0.490 e. The van der Waals surface area contributed by atoms with E-state index in [1.807, 2.05) is 39.0 Å². The Labute approximate surface area is 159 Å². The van der Waals surface area contributed by atoms with E-state index in [0.717, 1.165) is 5.56 Å². The lowest BCUT2D eigenvalue weighted by molar-refractivity contribution is 0.0938. The molecular formula is C21H25NO5. The third-order valence-electron chi connectivity index (χ3n) is 4.22. The highest BCUT2D eigenvalue weighted by Gasteiger charge is 2.17. The Morgan fingerprint density at radius 1 is 1.00 bits per heavy atom. The monoisotopic (exact) mass is 371 g/mol. The predicted octanol–water partition coefficient (Wildman–Crippen LogP) is 3.75. The Morgan fingerprint density at radius 2 is 1.70 bits per heavy atom. The lowest BCUT2D eigenvalue weighted by atomic mass is 10.1. The van der Waals surface area contributed by atoms with Crippen molar-refractivity contribution in [3.8, 4) is 23.0 Å². The van der Waals surface area contributed by atoms with Crippen LogP contribution in [0.4, 0.5) is 0 Å². The molecule has 0 aliphatic carbocycles. The molecule has 2 aromatic rings. The van der Waals surface area contributed by atoms with Crippen LogP contribution in [0.25, 0.3) is 0 Å². The van der Waals surface area contributed by atoms with Crippen molar-refractivity contribution in [2.24, 2.45) is 0 Å². The van der Waals surface area contributed by atoms with Gasteiger partial charge in [0.05, 0.1) is 19.3 Å². The number of nitrogens with one attached hydrogen (secondary N) is 1. The standard InChI is InChI=1S/C21H25NO5/c1-4-24-17-8-6-15(12-19(17)25-5-2)14(3)22-21(23)16-7-9-18-20(13-16)27-11-10-26-18/h6-9,12-14H,4-5,10-11H2,1-3H3,(H,22,23)/t14-/m1/s1. The second-order valence-electron chi connectivity index (χ2n) is 6.13. The number of hydrogen-bond donors (Lipinski definition) is 1. The summed E-state index contributed by atoms with van der Waals surface area (Å²) in [6.45, 7) is 7.91. The summed E-state index contributed by atoms with van der Waals surface area (Å²) in [6.07, 6.45) is 0. The molecule has 0 unspecified atom stereocenters. The van der Waals surface area contributed by atoms with Gasteiger partial charge in [-0.15, -0.1) is 0 Å². The molecule has 27 heavy (non-hydrogen) atoms. The lowest BCUT2D eigenvalue weighted by Crippen LogP contribution is -2.27. The molecule has 144 valence electrons. The molecule has 0 spiro atoms. The topological polar surface area (TPSA) is 66.0 Å². The van der Waals surface area contributed by atoms with E-state index < -0.39 is 0 Å². The number of amides is 1. The molecular weight excluding hydrogens is 346 g/mol. The molecule has 1 aliphatic heterocycles. The van der Waals surface area contributed by atoms with Gasteiger partial charge in [0.15, 0.2) is 23.0 Å². The van der Waals surface area contributed by atoms with Crippen molar-refractivity contribution in [1.82, 2.24) is 5.32 Å². The average Bonchev–Trinajstić information content (AvgIpc) is 2.69. The van der Waals surface area contributed by atoms with Gasteiger partial charge in [0.2, 0.25) is 0 Å². The van der Waals surface area contributed by atoms with Gasteiger partial charge in [0, 0.05) is 5.56 Å². The average molecular weight is 371 g/mol. The van der Waals surface area contributed by atoms with E-state index in [2.05, 4.69) is 5.32 Å². The van der Waals surface area contributed by atoms with Gasteiger partial charge in [-0.05, 0) is 56.7 Å². The molecule has 0 aromatic heterocycles. The summed E-state index contributed by atoms with van der Waals surface area (Å²) in [5.74, 6) is 2.47. The second kappa shape index (κ2) is 8.66. The number of fused-ring (bicyclic) bond motifs is 1. The number of benzene rings is 2. The van der Waals surface area contributed by atoms with Crippen molar-refractivity contribution in [3.05, 3.63) is 47.5 Å². The number of rotatable bonds is 7. The maximum atomic E-state index is 12.6. The first-order valence-corrected chi connectivity index (χ1v) is 9.22. The Morgan fingerprint density at radius 3 is 2.44 bits per heavy atom. The van der Waals surface area contributed by atoms with Crippen LogP contribution in [-0.4, -0.2) is 32.3 Å². The fraction of sp³-hybridized carbons (Fsp3) is 0.381. The SMILES string of the molecule is CCOc1ccc([C@@H](C)NC(=O)c2ccc3c(c2)OCCO3)cc1OCC. The van der Waals surface area contributed by atoms with Crippen LogP contribution in [0, 0.1) is 0 Å². The summed E-state index contributed by atoms with van der Waals surface area (Å²) in [7, 11) is 0. The summed E-state index contributed by atoms with van der Waals surface area (Å²) < 4.78 is 22.3. The van der Waals surface area contributed by atoms with Gasteiger partial charge in [-0.1, -0.05) is 6.07 Å². The second-order valence-corrected chi connectivity index (χ2v) is 6.13. The van der Waals surface area contributed by atoms with Gasteiger partial charge in [-0.25, -0.2) is 0 Å². The molecule has 6 heteroatoms. The first kappa shape index (κ1) is 18.9. The fourth-order valence-corrected chi connectivity index (χ4v) is 2.88. The maximum Gasteiger partial charge on any atom is 0.251 e. The summed E-state index contributed by atoms with van der Waals surface area (Å²) in [5.41, 5.74) is 1.47. The molecule has 2 aromatic carbocycles. The van der Waals surface area contributed by atoms with Crippen LogP contribution in [-0.2, 0) is 0 Å². The summed E-state index contributed by atoms with van der Waals surface area (Å²) in [4.78, 5) is 12.6. The summed E-state index contributed by atoms with van der Waals surface area (Å²) in [6, 6.07) is 10.7. The van der Waals surface area contributed by atoms with E-state index in [-0.39, 0.29) is 11.9 Å². The molecule has 1 atom stereocenters. The highest BCUT2D eigenvalue weighted by Crippen LogP contribution is 2.32. The smallest absolute Gasteiger partial charge is 0.251 e. The summed E-state index contributed by atoms with van der Waals surface area (Å²) >= 11 is 0. The first-order chi connectivity index (χ1) is 13.1. The zero-order chi connectivity index (χ0) is 19.2. The van der Waals surface area contributed by atoms with E-state index in [1.54, 1.807) is 18.2 Å². The molecule has 0 fully saturated rings. The quantitative estimate of drug-likeness (QED) is 0.803. The predicted molar refractivity (Wildman–Crippen MR) is 102 cm³/mol. The molecule has 0 saturated heterocycles. The molecule has 3 rings (SSSR count). The van der Waals surface area contributed by atoms with Gasteiger partial charge in [0.25, 0.3) is 5.91 Å². The zero-order valence-electron chi connectivity index (χ0n) is 15.9. The minimum absolute atomic E-state index is 0.175. The molecule has 1 heterocycles. The molecule has 0 saturated carbocycles. The van der Waals surface area contributed by atoms with Gasteiger partial charge in [-0.3, -0.25) is 4.79 Å². The molecule has 1 amide bonds. The van der Waals surface area contributed by atoms with Crippen LogP contribution in [0.3, 0.4) is 0 Å². The number of ether oxygens (including phenoxy) is 4. The molecule has 1 aliphatic rings. The van der Waals surface area contributed by atoms with Crippen molar-refractivity contribution in [1.29, 1.82) is 0 Å². The highest BCUT2D eigenvalue weighted by atomic mass is 16.6. The Bertz CT molecular complexity index is 805. The van der Waals surface area contributed by atoms with Crippen molar-refractivity contribution in [2.75, 3.05) is 26.4 Å². The fourth-order valence-electron chi connectivity index (χ4n) is 2.88. The van der Waals surface area contributed by atoms with E-state index in [0.29, 0.717) is 55.0 Å². The number of hydrogen-bond acceptors (Lipinski definition) is 5. The van der Waals surface area contributed by atoms with Gasteiger partial charge < -0.3 is 24.3 Å². The van der Waals surface area contributed by atoms with E-state index in [4.69, 9.17) is 18.9 Å². The van der Waals surface area contributed by atoms with Crippen LogP contribution >= 0.6 is 0 Å². The number of carbonyl (C=O) groups is 1. The van der Waals surface area contributed by atoms with Crippen molar-refractivity contribution in [3.63, 3.8) is 0 Å². The van der Waals surface area contributed by atoms with Crippen LogP contribution in [0.1, 0.15) is 42.7 Å². The Hall–Kier alpha value is -2.89. The largest absolute Gasteiger partial charge is 0.490 e. The minimum atomic E-state index is -0.194. The van der Waals surface area contributed by atoms with Crippen LogP contribution in [0.2, 0.25) is 0 Å². The Kier molecular flexibility index (Phi) is 6.06. The van der Waals surface area contributed by atoms with Crippen LogP contribution in [0.5, 0.6) is 23.0 Å². The Balaban J connectivity index is 1.73. The van der Waals surface area contributed by atoms with E-state index in [1.165, 1.54) is 0 Å². The van der Waals surface area contributed by atoms with Crippen molar-refractivity contribution in [2.45, 2.75) is 26.8 Å². The molecule has 0 bridgehead atoms. The third-order valence-corrected chi connectivity index (χ3v) is 4.22. The molecule has 1 N–H and O–H groups in total. The van der Waals surface area contributed by atoms with Crippen LogP contribution < -0.4 is 24.3 Å². The summed E-state index contributed by atoms with van der Waals surface area (Å²) in [5, 5.41) is 3.01. The third kappa shape index (κ3) is 4.45. The van der Waals surface area contributed by atoms with Crippen molar-refractivity contribution >= 4 is 5.91 Å². The van der Waals surface area contributed by atoms with E-state index >= 15 is 0 Å². The first-order valence-electron chi connectivity index (χ1n) is 9.22. The molecule has 6 nitrogen and oxygen atoms in total. The van der Waals surface area contributed by atoms with Gasteiger partial charge in [0.1, 0.15) is 13.2 Å². The van der Waals surface area contributed by atoms with Crippen molar-refractivity contribution < 1.29 is 23.7 Å². The van der Waals surface area contributed by atoms with Crippen LogP contribution in [0.15, 0.2) is 36.4 Å². The zero-order valence-corrected chi connectivity index (χ0v) is 15.9.